The van der Waals surface area contributed by atoms with Crippen molar-refractivity contribution in [2.45, 2.75) is 56.5 Å². The van der Waals surface area contributed by atoms with Crippen LogP contribution in [0.25, 0.3) is 0 Å². The Kier molecular flexibility index (Phi) is 8.73. The number of nitrogens with zero attached hydrogens (tertiary/aromatic N) is 2. The molecular weight excluding hydrogens is 513 g/mol. The van der Waals surface area contributed by atoms with E-state index in [4.69, 9.17) is 9.47 Å². The number of amides is 2. The van der Waals surface area contributed by atoms with Gasteiger partial charge in [0.15, 0.2) is 0 Å². The number of likely N-dealkylation sites (N-methyl/N-ethyl adjacent to an activating group) is 1. The quantitative estimate of drug-likeness (QED) is 0.496. The molecule has 1 N–H and O–H groups in total. The highest BCUT2D eigenvalue weighted by Crippen LogP contribution is 2.44. The van der Waals surface area contributed by atoms with E-state index in [9.17, 15) is 27.9 Å². The highest BCUT2D eigenvalue weighted by molar-refractivity contribution is 5.87. The number of hydrogen-bond acceptors (Lipinski definition) is 5. The van der Waals surface area contributed by atoms with Crippen molar-refractivity contribution in [3.8, 4) is 5.75 Å². The number of alkyl halides is 3. The standard InChI is InChI=1S/C29H35F3N2O5/c1-33(26(35)28(37,29(30,31)32)23-9-6-10-25(18-23)38-2)24-16-22(17-24)15-20-11-13-34(14-12-20)27(36)39-19-21-7-4-3-5-8-21/h3-10,18,20,22,24,37H,11-17,19H2,1-2H3/t22?,24?,28-/m1/s1. The van der Waals surface area contributed by atoms with Crippen molar-refractivity contribution >= 4 is 12.0 Å². The highest BCUT2D eigenvalue weighted by atomic mass is 19.4. The number of methoxy groups -OCH3 is 1. The molecule has 0 spiro atoms. The number of likely N-dealkylation sites (tertiary alicyclic amines) is 1. The number of carbonyl (C=O) groups excluding carboxylic acids is 2. The second-order valence-corrected chi connectivity index (χ2v) is 10.6. The van der Waals surface area contributed by atoms with E-state index in [2.05, 4.69) is 0 Å². The molecule has 7 nitrogen and oxygen atoms in total. The number of ether oxygens (including phenoxy) is 2. The van der Waals surface area contributed by atoms with E-state index < -0.39 is 23.2 Å². The number of hydrogen-bond donors (Lipinski definition) is 1. The Labute approximate surface area is 226 Å². The van der Waals surface area contributed by atoms with Crippen molar-refractivity contribution in [3.05, 3.63) is 65.7 Å². The second kappa shape index (κ2) is 11.9. The Morgan fingerprint density at radius 3 is 2.31 bits per heavy atom. The van der Waals surface area contributed by atoms with Gasteiger partial charge in [0.05, 0.1) is 7.11 Å². The first-order valence-corrected chi connectivity index (χ1v) is 13.2. The molecule has 1 aliphatic heterocycles. The minimum atomic E-state index is -5.20. The maximum absolute atomic E-state index is 14.1. The summed E-state index contributed by atoms with van der Waals surface area (Å²) in [5.41, 5.74) is -3.31. The van der Waals surface area contributed by atoms with Gasteiger partial charge in [-0.25, -0.2) is 4.79 Å². The fraction of sp³-hybridized carbons (Fsp3) is 0.517. The topological polar surface area (TPSA) is 79.3 Å². The van der Waals surface area contributed by atoms with Crippen LogP contribution in [0.2, 0.25) is 0 Å². The number of aliphatic hydroxyl groups is 1. The van der Waals surface area contributed by atoms with Crippen LogP contribution in [0.4, 0.5) is 18.0 Å². The first-order chi connectivity index (χ1) is 18.5. The second-order valence-electron chi connectivity index (χ2n) is 10.6. The summed E-state index contributed by atoms with van der Waals surface area (Å²) >= 11 is 0. The van der Waals surface area contributed by atoms with Crippen LogP contribution in [0.1, 0.15) is 43.2 Å². The first-order valence-electron chi connectivity index (χ1n) is 13.2. The smallest absolute Gasteiger partial charge is 0.430 e. The summed E-state index contributed by atoms with van der Waals surface area (Å²) < 4.78 is 52.6. The zero-order chi connectivity index (χ0) is 28.2. The largest absolute Gasteiger partial charge is 0.497 e. The molecule has 0 aromatic heterocycles. The third-order valence-corrected chi connectivity index (χ3v) is 8.03. The van der Waals surface area contributed by atoms with Crippen LogP contribution >= 0.6 is 0 Å². The van der Waals surface area contributed by atoms with E-state index in [1.165, 1.54) is 26.3 Å². The van der Waals surface area contributed by atoms with Gasteiger partial charge >= 0.3 is 12.3 Å². The summed E-state index contributed by atoms with van der Waals surface area (Å²) in [6.45, 7) is 1.44. The monoisotopic (exact) mass is 548 g/mol. The van der Waals surface area contributed by atoms with Crippen LogP contribution < -0.4 is 4.74 Å². The van der Waals surface area contributed by atoms with E-state index in [0.29, 0.717) is 31.8 Å². The van der Waals surface area contributed by atoms with Crippen LogP contribution in [-0.2, 0) is 21.7 Å². The van der Waals surface area contributed by atoms with Crippen molar-refractivity contribution < 1.29 is 37.3 Å². The zero-order valence-electron chi connectivity index (χ0n) is 22.2. The first kappa shape index (κ1) is 28.7. The number of rotatable bonds is 8. The molecule has 4 rings (SSSR count). The van der Waals surface area contributed by atoms with Crippen LogP contribution in [0.5, 0.6) is 5.75 Å². The predicted molar refractivity (Wildman–Crippen MR) is 138 cm³/mol. The van der Waals surface area contributed by atoms with Crippen molar-refractivity contribution in [1.29, 1.82) is 0 Å². The molecule has 2 fully saturated rings. The van der Waals surface area contributed by atoms with Gasteiger partial charge in [0.1, 0.15) is 12.4 Å². The lowest BCUT2D eigenvalue weighted by Crippen LogP contribution is -2.58. The Bertz CT molecular complexity index is 1130. The van der Waals surface area contributed by atoms with Crippen molar-refractivity contribution in [1.82, 2.24) is 9.80 Å². The lowest BCUT2D eigenvalue weighted by molar-refractivity contribution is -0.262. The predicted octanol–water partition coefficient (Wildman–Crippen LogP) is 5.12. The molecule has 0 radical (unpaired) electrons. The molecule has 39 heavy (non-hydrogen) atoms. The molecule has 1 atom stereocenters. The molecule has 1 heterocycles. The fourth-order valence-electron chi connectivity index (χ4n) is 5.52. The van der Waals surface area contributed by atoms with E-state index in [1.54, 1.807) is 4.90 Å². The molecule has 212 valence electrons. The molecule has 10 heteroatoms. The molecule has 0 bridgehead atoms. The van der Waals surface area contributed by atoms with Gasteiger partial charge in [0.2, 0.25) is 0 Å². The lowest BCUT2D eigenvalue weighted by atomic mass is 9.72. The van der Waals surface area contributed by atoms with Gasteiger partial charge in [-0.1, -0.05) is 42.5 Å². The normalized spacial score (nSPS) is 21.4. The third-order valence-electron chi connectivity index (χ3n) is 8.03. The Morgan fingerprint density at radius 2 is 1.69 bits per heavy atom. The Balaban J connectivity index is 1.25. The molecule has 2 aliphatic rings. The molecule has 2 aromatic rings. The highest BCUT2D eigenvalue weighted by Gasteiger charge is 2.62. The van der Waals surface area contributed by atoms with E-state index >= 15 is 0 Å². The number of piperidine rings is 1. The van der Waals surface area contributed by atoms with Crippen LogP contribution in [0.15, 0.2) is 54.6 Å². The SMILES string of the molecule is COc1cccc([C@@](O)(C(=O)N(C)C2CC(CC3CCN(C(=O)OCc4ccccc4)CC3)C2)C(F)(F)F)c1. The Hall–Kier alpha value is -3.27. The summed E-state index contributed by atoms with van der Waals surface area (Å²) in [5, 5.41) is 10.7. The van der Waals surface area contributed by atoms with Gasteiger partial charge in [0, 0.05) is 31.7 Å². The summed E-state index contributed by atoms with van der Waals surface area (Å²) in [7, 11) is 2.62. The molecular formula is C29H35F3N2O5. The molecule has 2 aromatic carbocycles. The van der Waals surface area contributed by atoms with Gasteiger partial charge in [-0.2, -0.15) is 13.2 Å². The summed E-state index contributed by atoms with van der Waals surface area (Å²) in [4.78, 5) is 28.2. The van der Waals surface area contributed by atoms with Crippen LogP contribution in [0, 0.1) is 11.8 Å². The fourth-order valence-corrected chi connectivity index (χ4v) is 5.52. The third kappa shape index (κ3) is 6.32. The van der Waals surface area contributed by atoms with Crippen LogP contribution in [-0.4, -0.2) is 66.4 Å². The number of benzene rings is 2. The van der Waals surface area contributed by atoms with Gasteiger partial charge in [-0.05, 0) is 61.6 Å². The maximum Gasteiger partial charge on any atom is 0.430 e. The molecule has 1 aliphatic carbocycles. The van der Waals surface area contributed by atoms with Crippen molar-refractivity contribution in [2.24, 2.45) is 11.8 Å². The average Bonchev–Trinajstić information content (AvgIpc) is 2.92. The summed E-state index contributed by atoms with van der Waals surface area (Å²) in [5.74, 6) is -0.597. The minimum Gasteiger partial charge on any atom is -0.497 e. The van der Waals surface area contributed by atoms with Crippen molar-refractivity contribution in [3.63, 3.8) is 0 Å². The number of carbonyl (C=O) groups is 2. The molecule has 2 amide bonds. The van der Waals surface area contributed by atoms with E-state index in [1.807, 2.05) is 30.3 Å². The number of halogens is 3. The summed E-state index contributed by atoms with van der Waals surface area (Å²) in [6, 6.07) is 14.0. The van der Waals surface area contributed by atoms with Gasteiger partial charge in [-0.3, -0.25) is 4.79 Å². The van der Waals surface area contributed by atoms with Crippen LogP contribution in [0.3, 0.4) is 0 Å². The lowest BCUT2D eigenvalue weighted by Gasteiger charge is -2.45. The summed E-state index contributed by atoms with van der Waals surface area (Å²) in [6.07, 6.45) is -1.81. The van der Waals surface area contributed by atoms with E-state index in [-0.39, 0.29) is 30.4 Å². The Morgan fingerprint density at radius 1 is 1.03 bits per heavy atom. The van der Waals surface area contributed by atoms with Gasteiger partial charge in [-0.15, -0.1) is 0 Å². The molecule has 0 unspecified atom stereocenters. The minimum absolute atomic E-state index is 0.116. The van der Waals surface area contributed by atoms with Gasteiger partial charge in [0.25, 0.3) is 11.5 Å². The average molecular weight is 549 g/mol. The van der Waals surface area contributed by atoms with Gasteiger partial charge < -0.3 is 24.4 Å². The zero-order valence-corrected chi connectivity index (χ0v) is 22.2. The molecule has 1 saturated carbocycles. The molecule has 1 saturated heterocycles. The van der Waals surface area contributed by atoms with Crippen molar-refractivity contribution in [2.75, 3.05) is 27.2 Å². The maximum atomic E-state index is 14.1. The van der Waals surface area contributed by atoms with E-state index in [0.717, 1.165) is 41.9 Å².